The maximum atomic E-state index is 11.9. The summed E-state index contributed by atoms with van der Waals surface area (Å²) >= 11 is 3.41. The molecule has 2 rings (SSSR count). The Balaban J connectivity index is 2.01. The zero-order valence-corrected chi connectivity index (χ0v) is 15.1. The summed E-state index contributed by atoms with van der Waals surface area (Å²) < 4.78 is 6.13. The van der Waals surface area contributed by atoms with Gasteiger partial charge in [-0.15, -0.1) is 0 Å². The minimum atomic E-state index is -1.07. The van der Waals surface area contributed by atoms with E-state index in [2.05, 4.69) is 26.2 Å². The molecule has 1 aromatic heterocycles. The fraction of sp³-hybridized carbons (Fsp3) is 0.412. The maximum Gasteiger partial charge on any atom is 0.326 e. The van der Waals surface area contributed by atoms with E-state index in [-0.39, 0.29) is 13.0 Å². The van der Waals surface area contributed by atoms with Gasteiger partial charge in [0, 0.05) is 34.6 Å². The van der Waals surface area contributed by atoms with Crippen LogP contribution in [0.1, 0.15) is 25.3 Å². The first-order valence-corrected chi connectivity index (χ1v) is 8.66. The van der Waals surface area contributed by atoms with Crippen LogP contribution in [-0.4, -0.2) is 41.2 Å². The highest BCUT2D eigenvalue weighted by Gasteiger charge is 2.22. The summed E-state index contributed by atoms with van der Waals surface area (Å²) in [6, 6.07) is 4.76. The Morgan fingerprint density at radius 2 is 2.21 bits per heavy atom. The molecule has 3 N–H and O–H groups in total. The van der Waals surface area contributed by atoms with Crippen LogP contribution >= 0.6 is 15.9 Å². The predicted molar refractivity (Wildman–Crippen MR) is 95.0 cm³/mol. The standard InChI is InChI=1S/C17H21BrN2O4/c1-2-3-6-24-10-16(21)20-15(17(22)23)7-11-9-19-14-5-4-12(18)8-13(11)14/h4-5,8-9,15,19H,2-3,6-7,10H2,1H3,(H,20,21)(H,22,23). The summed E-state index contributed by atoms with van der Waals surface area (Å²) in [6.07, 6.45) is 3.83. The van der Waals surface area contributed by atoms with E-state index in [0.29, 0.717) is 6.61 Å². The number of carbonyl (C=O) groups excluding carboxylic acids is 1. The van der Waals surface area contributed by atoms with Crippen molar-refractivity contribution in [3.8, 4) is 0 Å². The lowest BCUT2D eigenvalue weighted by molar-refractivity contribution is -0.142. The molecule has 7 heteroatoms. The zero-order valence-electron chi connectivity index (χ0n) is 13.5. The summed E-state index contributed by atoms with van der Waals surface area (Å²) in [6.45, 7) is 2.41. The lowest BCUT2D eigenvalue weighted by atomic mass is 10.1. The Labute approximate surface area is 148 Å². The van der Waals surface area contributed by atoms with Crippen molar-refractivity contribution < 1.29 is 19.4 Å². The number of aromatic amines is 1. The van der Waals surface area contributed by atoms with E-state index in [1.807, 2.05) is 25.1 Å². The molecule has 6 nitrogen and oxygen atoms in total. The maximum absolute atomic E-state index is 11.9. The number of benzene rings is 1. The highest BCUT2D eigenvalue weighted by atomic mass is 79.9. The van der Waals surface area contributed by atoms with Crippen molar-refractivity contribution in [1.82, 2.24) is 10.3 Å². The average molecular weight is 397 g/mol. The number of nitrogens with one attached hydrogen (secondary N) is 2. The average Bonchev–Trinajstić information content (AvgIpc) is 2.93. The molecule has 0 aliphatic carbocycles. The van der Waals surface area contributed by atoms with Crippen molar-refractivity contribution >= 4 is 38.7 Å². The van der Waals surface area contributed by atoms with Crippen molar-refractivity contribution in [2.45, 2.75) is 32.2 Å². The van der Waals surface area contributed by atoms with Crippen LogP contribution in [0.3, 0.4) is 0 Å². The number of carbonyl (C=O) groups is 2. The minimum absolute atomic E-state index is 0.122. The number of hydrogen-bond donors (Lipinski definition) is 3. The molecular formula is C17H21BrN2O4. The van der Waals surface area contributed by atoms with Gasteiger partial charge in [0.15, 0.2) is 0 Å². The molecule has 1 aromatic carbocycles. The number of fused-ring (bicyclic) bond motifs is 1. The second-order valence-corrected chi connectivity index (χ2v) is 6.49. The van der Waals surface area contributed by atoms with E-state index in [1.165, 1.54) is 0 Å². The second-order valence-electron chi connectivity index (χ2n) is 5.57. The number of carboxylic acid groups (broad SMARTS) is 1. The number of halogens is 1. The summed E-state index contributed by atoms with van der Waals surface area (Å²) in [5, 5.41) is 12.8. The molecule has 1 atom stereocenters. The van der Waals surface area contributed by atoms with Crippen LogP contribution in [0.25, 0.3) is 10.9 Å². The molecule has 0 bridgehead atoms. The highest BCUT2D eigenvalue weighted by Crippen LogP contribution is 2.23. The van der Waals surface area contributed by atoms with Gasteiger partial charge in [0.1, 0.15) is 12.6 Å². The first-order valence-electron chi connectivity index (χ1n) is 7.86. The number of rotatable bonds is 9. The molecule has 0 radical (unpaired) electrons. The van der Waals surface area contributed by atoms with E-state index in [9.17, 15) is 14.7 Å². The van der Waals surface area contributed by atoms with Gasteiger partial charge < -0.3 is 20.1 Å². The Kier molecular flexibility index (Phi) is 6.81. The van der Waals surface area contributed by atoms with Crippen LogP contribution in [0, 0.1) is 0 Å². The number of aliphatic carboxylic acids is 1. The summed E-state index contributed by atoms with van der Waals surface area (Å²) in [4.78, 5) is 26.4. The summed E-state index contributed by atoms with van der Waals surface area (Å²) in [7, 11) is 0. The topological polar surface area (TPSA) is 91.4 Å². The van der Waals surface area contributed by atoms with Crippen LogP contribution < -0.4 is 5.32 Å². The lowest BCUT2D eigenvalue weighted by Crippen LogP contribution is -2.43. The van der Waals surface area contributed by atoms with Crippen molar-refractivity contribution in [1.29, 1.82) is 0 Å². The van der Waals surface area contributed by atoms with E-state index in [4.69, 9.17) is 4.74 Å². The molecule has 1 heterocycles. The van der Waals surface area contributed by atoms with Gasteiger partial charge in [-0.2, -0.15) is 0 Å². The fourth-order valence-electron chi connectivity index (χ4n) is 2.39. The SMILES string of the molecule is CCCCOCC(=O)NC(Cc1c[nH]c2ccc(Br)cc12)C(=O)O. The fourth-order valence-corrected chi connectivity index (χ4v) is 2.75. The normalized spacial score (nSPS) is 12.2. The largest absolute Gasteiger partial charge is 0.480 e. The highest BCUT2D eigenvalue weighted by molar-refractivity contribution is 9.10. The Hall–Kier alpha value is -1.86. The third-order valence-corrected chi connectivity index (χ3v) is 4.16. The Morgan fingerprint density at radius 1 is 1.42 bits per heavy atom. The predicted octanol–water partition coefficient (Wildman–Crippen LogP) is 2.86. The van der Waals surface area contributed by atoms with E-state index < -0.39 is 17.9 Å². The van der Waals surface area contributed by atoms with Crippen LogP contribution in [0.5, 0.6) is 0 Å². The molecule has 0 fully saturated rings. The summed E-state index contributed by atoms with van der Waals surface area (Å²) in [5.41, 5.74) is 1.76. The van der Waals surface area contributed by atoms with Gasteiger partial charge in [-0.3, -0.25) is 4.79 Å². The molecule has 1 unspecified atom stereocenters. The molecule has 130 valence electrons. The van der Waals surface area contributed by atoms with Gasteiger partial charge in [0.05, 0.1) is 0 Å². The number of unbranched alkanes of at least 4 members (excludes halogenated alkanes) is 1. The molecule has 0 saturated heterocycles. The summed E-state index contributed by atoms with van der Waals surface area (Å²) in [5.74, 6) is -1.49. The number of ether oxygens (including phenoxy) is 1. The molecule has 24 heavy (non-hydrogen) atoms. The van der Waals surface area contributed by atoms with E-state index >= 15 is 0 Å². The van der Waals surface area contributed by atoms with Crippen molar-refractivity contribution in [3.63, 3.8) is 0 Å². The van der Waals surface area contributed by atoms with Gasteiger partial charge in [0.2, 0.25) is 5.91 Å². The number of H-pyrrole nitrogens is 1. The lowest BCUT2D eigenvalue weighted by Gasteiger charge is -2.14. The molecule has 0 spiro atoms. The zero-order chi connectivity index (χ0) is 17.5. The van der Waals surface area contributed by atoms with Crippen LogP contribution in [0.4, 0.5) is 0 Å². The Bertz CT molecular complexity index is 714. The Morgan fingerprint density at radius 3 is 2.92 bits per heavy atom. The quantitative estimate of drug-likeness (QED) is 0.568. The number of aromatic nitrogens is 1. The first-order chi connectivity index (χ1) is 11.5. The molecule has 0 saturated carbocycles. The third-order valence-electron chi connectivity index (χ3n) is 3.66. The third kappa shape index (κ3) is 5.07. The monoisotopic (exact) mass is 396 g/mol. The molecular weight excluding hydrogens is 376 g/mol. The van der Waals surface area contributed by atoms with Gasteiger partial charge in [-0.25, -0.2) is 4.79 Å². The number of carboxylic acids is 1. The van der Waals surface area contributed by atoms with Crippen LogP contribution in [0.15, 0.2) is 28.9 Å². The van der Waals surface area contributed by atoms with Crippen molar-refractivity contribution in [2.75, 3.05) is 13.2 Å². The van der Waals surface area contributed by atoms with Crippen LogP contribution in [-0.2, 0) is 20.7 Å². The smallest absolute Gasteiger partial charge is 0.326 e. The van der Waals surface area contributed by atoms with E-state index in [0.717, 1.165) is 33.8 Å². The molecule has 0 aliphatic heterocycles. The number of amides is 1. The van der Waals surface area contributed by atoms with Gasteiger partial charge >= 0.3 is 5.97 Å². The molecule has 2 aromatic rings. The van der Waals surface area contributed by atoms with Gasteiger partial charge in [0.25, 0.3) is 0 Å². The van der Waals surface area contributed by atoms with Gasteiger partial charge in [-0.1, -0.05) is 29.3 Å². The number of hydrogen-bond acceptors (Lipinski definition) is 3. The minimum Gasteiger partial charge on any atom is -0.480 e. The van der Waals surface area contributed by atoms with Gasteiger partial charge in [-0.05, 0) is 30.2 Å². The van der Waals surface area contributed by atoms with Crippen molar-refractivity contribution in [3.05, 3.63) is 34.4 Å². The molecule has 1 amide bonds. The first kappa shape index (κ1) is 18.5. The second kappa shape index (κ2) is 8.84. The van der Waals surface area contributed by atoms with Crippen molar-refractivity contribution in [2.24, 2.45) is 0 Å². The molecule has 0 aliphatic rings. The van der Waals surface area contributed by atoms with Crippen LogP contribution in [0.2, 0.25) is 0 Å². The van der Waals surface area contributed by atoms with E-state index in [1.54, 1.807) is 6.20 Å².